The highest BCUT2D eigenvalue weighted by Gasteiger charge is 2.15. The van der Waals surface area contributed by atoms with Crippen LogP contribution in [0.25, 0.3) is 0 Å². The van der Waals surface area contributed by atoms with E-state index in [1.807, 2.05) is 30.3 Å². The predicted octanol–water partition coefficient (Wildman–Crippen LogP) is 4.41. The quantitative estimate of drug-likeness (QED) is 0.547. The minimum absolute atomic E-state index is 0.0395. The third kappa shape index (κ3) is 3.77. The van der Waals surface area contributed by atoms with Crippen LogP contribution in [0.5, 0.6) is 0 Å². The van der Waals surface area contributed by atoms with Gasteiger partial charge in [-0.2, -0.15) is 14.9 Å². The van der Waals surface area contributed by atoms with Crippen molar-refractivity contribution in [2.75, 3.05) is 0 Å². The molecule has 3 aromatic rings. The van der Waals surface area contributed by atoms with E-state index in [1.54, 1.807) is 11.3 Å². The molecule has 118 valence electrons. The Labute approximate surface area is 140 Å². The lowest BCUT2D eigenvalue weighted by Gasteiger charge is -1.98. The minimum atomic E-state index is -2.74. The molecule has 0 bridgehead atoms. The smallest absolute Gasteiger partial charge is 0.250 e. The molecule has 2 aromatic heterocycles. The van der Waals surface area contributed by atoms with Crippen molar-refractivity contribution in [3.05, 3.63) is 68.4 Å². The van der Waals surface area contributed by atoms with Crippen molar-refractivity contribution in [2.24, 2.45) is 5.10 Å². The van der Waals surface area contributed by atoms with Gasteiger partial charge < -0.3 is 0 Å². The van der Waals surface area contributed by atoms with Gasteiger partial charge in [0.05, 0.1) is 6.21 Å². The van der Waals surface area contributed by atoms with E-state index in [-0.39, 0.29) is 4.77 Å². The molecule has 8 heteroatoms. The van der Waals surface area contributed by atoms with Crippen LogP contribution in [0.15, 0.2) is 47.6 Å². The maximum absolute atomic E-state index is 12.8. The second-order valence-corrected chi connectivity index (χ2v) is 6.30. The first-order valence-corrected chi connectivity index (χ1v) is 7.98. The number of hydrogen-bond donors (Lipinski definition) is 1. The summed E-state index contributed by atoms with van der Waals surface area (Å²) in [5.74, 6) is -0.493. The molecule has 0 aliphatic rings. The molecular weight excluding hydrogens is 338 g/mol. The van der Waals surface area contributed by atoms with Crippen LogP contribution < -0.4 is 0 Å². The van der Waals surface area contributed by atoms with Crippen molar-refractivity contribution in [1.29, 1.82) is 0 Å². The summed E-state index contributed by atoms with van der Waals surface area (Å²) in [4.78, 5) is 2.03. The van der Waals surface area contributed by atoms with Gasteiger partial charge in [0, 0.05) is 16.2 Å². The number of halogens is 2. The number of thiophene rings is 1. The third-order valence-electron chi connectivity index (χ3n) is 3.07. The van der Waals surface area contributed by atoms with Crippen molar-refractivity contribution in [3.8, 4) is 0 Å². The minimum Gasteiger partial charge on any atom is -0.250 e. The van der Waals surface area contributed by atoms with Crippen molar-refractivity contribution >= 4 is 29.8 Å². The SMILES string of the molecule is FC(F)c1n[nH]c(=S)n1/N=C\c1ccc(Cc2ccccc2)s1. The summed E-state index contributed by atoms with van der Waals surface area (Å²) >= 11 is 6.46. The molecule has 0 atom stereocenters. The Morgan fingerprint density at radius 3 is 2.78 bits per heavy atom. The lowest BCUT2D eigenvalue weighted by atomic mass is 10.1. The molecule has 3 rings (SSSR count). The van der Waals surface area contributed by atoms with Crippen LogP contribution in [0.3, 0.4) is 0 Å². The molecule has 0 saturated carbocycles. The molecule has 1 N–H and O–H groups in total. The number of alkyl halides is 2. The van der Waals surface area contributed by atoms with Crippen LogP contribution in [-0.2, 0) is 6.42 Å². The van der Waals surface area contributed by atoms with Gasteiger partial charge in [0.2, 0.25) is 10.6 Å². The molecule has 0 amide bonds. The summed E-state index contributed by atoms with van der Waals surface area (Å²) in [6.07, 6.45) is -0.402. The highest BCUT2D eigenvalue weighted by Crippen LogP contribution is 2.19. The second kappa shape index (κ2) is 6.93. The number of rotatable bonds is 5. The topological polar surface area (TPSA) is 46.0 Å². The van der Waals surface area contributed by atoms with E-state index < -0.39 is 12.2 Å². The number of H-pyrrole nitrogens is 1. The van der Waals surface area contributed by atoms with Crippen LogP contribution >= 0.6 is 23.6 Å². The second-order valence-electron chi connectivity index (χ2n) is 4.71. The molecule has 0 aliphatic carbocycles. The number of aromatic nitrogens is 3. The maximum Gasteiger partial charge on any atom is 0.299 e. The Hall–Kier alpha value is -2.19. The fraction of sp³-hybridized carbons (Fsp3) is 0.133. The van der Waals surface area contributed by atoms with Gasteiger partial charge in [-0.1, -0.05) is 30.3 Å². The Morgan fingerprint density at radius 2 is 2.04 bits per heavy atom. The first-order valence-electron chi connectivity index (χ1n) is 6.76. The normalized spacial score (nSPS) is 11.6. The van der Waals surface area contributed by atoms with E-state index in [1.165, 1.54) is 16.7 Å². The van der Waals surface area contributed by atoms with E-state index in [2.05, 4.69) is 27.4 Å². The zero-order valence-corrected chi connectivity index (χ0v) is 13.5. The van der Waals surface area contributed by atoms with Gasteiger partial charge in [-0.25, -0.2) is 13.9 Å². The lowest BCUT2D eigenvalue weighted by Crippen LogP contribution is -1.98. The van der Waals surface area contributed by atoms with E-state index in [0.29, 0.717) is 0 Å². The largest absolute Gasteiger partial charge is 0.299 e. The Kier molecular flexibility index (Phi) is 4.73. The van der Waals surface area contributed by atoms with Crippen LogP contribution in [-0.4, -0.2) is 21.1 Å². The average Bonchev–Trinajstić information content (AvgIpc) is 3.13. The van der Waals surface area contributed by atoms with Gasteiger partial charge in [0.25, 0.3) is 6.43 Å². The molecule has 23 heavy (non-hydrogen) atoms. The van der Waals surface area contributed by atoms with E-state index >= 15 is 0 Å². The standard InChI is InChI=1S/C15H12F2N4S2/c16-13(17)14-19-20-15(22)21(14)18-9-12-7-6-11(23-12)8-10-4-2-1-3-5-10/h1-7,9,13H,8H2,(H,20,22)/b18-9-. The highest BCUT2D eigenvalue weighted by molar-refractivity contribution is 7.71. The van der Waals surface area contributed by atoms with Crippen molar-refractivity contribution in [2.45, 2.75) is 12.8 Å². The Morgan fingerprint density at radius 1 is 1.26 bits per heavy atom. The summed E-state index contributed by atoms with van der Waals surface area (Å²) in [6.45, 7) is 0. The van der Waals surface area contributed by atoms with Crippen molar-refractivity contribution in [1.82, 2.24) is 14.9 Å². The van der Waals surface area contributed by atoms with Crippen molar-refractivity contribution in [3.63, 3.8) is 0 Å². The van der Waals surface area contributed by atoms with Gasteiger partial charge in [-0.15, -0.1) is 11.3 Å². The number of nitrogens with zero attached hydrogens (tertiary/aromatic N) is 3. The molecule has 4 nitrogen and oxygen atoms in total. The van der Waals surface area contributed by atoms with Crippen LogP contribution in [0.2, 0.25) is 0 Å². The van der Waals surface area contributed by atoms with Crippen molar-refractivity contribution < 1.29 is 8.78 Å². The van der Waals surface area contributed by atoms with E-state index in [0.717, 1.165) is 16.0 Å². The van der Waals surface area contributed by atoms with E-state index in [4.69, 9.17) is 12.2 Å². The monoisotopic (exact) mass is 350 g/mol. The summed E-state index contributed by atoms with van der Waals surface area (Å²) in [5, 5.41) is 9.79. The first kappa shape index (κ1) is 15.7. The Balaban J connectivity index is 1.77. The van der Waals surface area contributed by atoms with Gasteiger partial charge in [-0.3, -0.25) is 0 Å². The molecule has 0 unspecified atom stereocenters. The van der Waals surface area contributed by atoms with Crippen LogP contribution in [0, 0.1) is 4.77 Å². The van der Waals surface area contributed by atoms with Gasteiger partial charge in [-0.05, 0) is 29.9 Å². The van der Waals surface area contributed by atoms with E-state index in [9.17, 15) is 8.78 Å². The third-order valence-corrected chi connectivity index (χ3v) is 4.36. The van der Waals surface area contributed by atoms with Gasteiger partial charge >= 0.3 is 0 Å². The molecule has 0 radical (unpaired) electrons. The molecule has 0 spiro atoms. The van der Waals surface area contributed by atoms with Crippen LogP contribution in [0.1, 0.15) is 27.6 Å². The fourth-order valence-corrected chi connectivity index (χ4v) is 3.13. The molecule has 1 aromatic carbocycles. The molecule has 0 aliphatic heterocycles. The summed E-state index contributed by atoms with van der Waals surface area (Å²) in [7, 11) is 0. The summed E-state index contributed by atoms with van der Waals surface area (Å²) in [6, 6.07) is 14.0. The molecule has 2 heterocycles. The highest BCUT2D eigenvalue weighted by atomic mass is 32.1. The first-order chi connectivity index (χ1) is 11.1. The predicted molar refractivity (Wildman–Crippen MR) is 88.9 cm³/mol. The zero-order chi connectivity index (χ0) is 16.2. The number of hydrogen-bond acceptors (Lipinski definition) is 4. The zero-order valence-electron chi connectivity index (χ0n) is 11.8. The number of nitrogens with one attached hydrogen (secondary N) is 1. The Bertz CT molecular complexity index is 865. The summed E-state index contributed by atoms with van der Waals surface area (Å²) < 4.78 is 26.6. The average molecular weight is 350 g/mol. The molecular formula is C15H12F2N4S2. The van der Waals surface area contributed by atoms with Crippen LogP contribution in [0.4, 0.5) is 8.78 Å². The van der Waals surface area contributed by atoms with Gasteiger partial charge in [0.15, 0.2) is 0 Å². The molecule has 0 fully saturated rings. The maximum atomic E-state index is 12.8. The fourth-order valence-electron chi connectivity index (χ4n) is 2.03. The molecule has 0 saturated heterocycles. The summed E-state index contributed by atoms with van der Waals surface area (Å²) in [5.41, 5.74) is 1.22. The number of aromatic amines is 1. The van der Waals surface area contributed by atoms with Gasteiger partial charge in [0.1, 0.15) is 0 Å². The lowest BCUT2D eigenvalue weighted by molar-refractivity contribution is 0.136. The number of benzene rings is 1.